The Morgan fingerprint density at radius 3 is 2.12 bits per heavy atom. The highest BCUT2D eigenvalue weighted by molar-refractivity contribution is 6.30. The second-order valence-corrected chi connectivity index (χ2v) is 5.80. The van der Waals surface area contributed by atoms with Crippen molar-refractivity contribution < 1.29 is 23.8 Å². The number of halogens is 2. The van der Waals surface area contributed by atoms with E-state index < -0.39 is 23.3 Å². The normalized spacial score (nSPS) is 10.4. The van der Waals surface area contributed by atoms with Crippen molar-refractivity contribution in [3.63, 3.8) is 0 Å². The number of ether oxygens (including phenoxy) is 1. The lowest BCUT2D eigenvalue weighted by Crippen LogP contribution is -2.09. The van der Waals surface area contributed by atoms with E-state index in [1.165, 1.54) is 24.3 Å². The minimum absolute atomic E-state index is 0.224. The van der Waals surface area contributed by atoms with Crippen LogP contribution in [-0.4, -0.2) is 16.9 Å². The number of aromatic carboxylic acids is 1. The van der Waals surface area contributed by atoms with E-state index >= 15 is 0 Å². The monoisotopic (exact) mass is 370 g/mol. The molecule has 0 fully saturated rings. The number of hydrogen-bond donors (Lipinski definition) is 1. The van der Waals surface area contributed by atoms with Crippen LogP contribution in [0.25, 0.3) is 0 Å². The Morgan fingerprint density at radius 2 is 1.50 bits per heavy atom. The lowest BCUT2D eigenvalue weighted by atomic mass is 10.0. The van der Waals surface area contributed by atoms with Crippen molar-refractivity contribution in [2.75, 3.05) is 0 Å². The molecule has 0 aromatic heterocycles. The van der Waals surface area contributed by atoms with Gasteiger partial charge in [-0.2, -0.15) is 0 Å². The summed E-state index contributed by atoms with van der Waals surface area (Å²) in [5.74, 6) is -3.25. The van der Waals surface area contributed by atoms with E-state index in [-0.39, 0.29) is 22.4 Å². The summed E-state index contributed by atoms with van der Waals surface area (Å²) in [6.07, 6.45) is 0. The van der Waals surface area contributed by atoms with Crippen LogP contribution in [0.1, 0.15) is 26.3 Å². The summed E-state index contributed by atoms with van der Waals surface area (Å²) < 4.78 is 20.4. The molecule has 0 radical (unpaired) electrons. The zero-order valence-corrected chi connectivity index (χ0v) is 14.0. The molecule has 0 amide bonds. The first kappa shape index (κ1) is 17.6. The maximum Gasteiger partial charge on any atom is 0.339 e. The number of benzene rings is 3. The molecule has 0 saturated heterocycles. The van der Waals surface area contributed by atoms with Gasteiger partial charge < -0.3 is 9.84 Å². The van der Waals surface area contributed by atoms with Crippen molar-refractivity contribution in [3.8, 4) is 11.5 Å². The predicted octanol–water partition coefficient (Wildman–Crippen LogP) is 5.20. The standard InChI is InChI=1S/C20H12ClFO4/c21-13-8-6-12(7-9-13)18(23)15-10-11-16(20(24)25)19(17(15)22)26-14-4-2-1-3-5-14/h1-11H,(H,24,25). The summed E-state index contributed by atoms with van der Waals surface area (Å²) in [5, 5.41) is 9.74. The Hall–Kier alpha value is -3.18. The van der Waals surface area contributed by atoms with Crippen LogP contribution in [0.4, 0.5) is 4.39 Å². The zero-order valence-electron chi connectivity index (χ0n) is 13.3. The molecule has 0 aliphatic carbocycles. The smallest absolute Gasteiger partial charge is 0.339 e. The molecule has 0 heterocycles. The molecule has 4 nitrogen and oxygen atoms in total. The van der Waals surface area contributed by atoms with Gasteiger partial charge >= 0.3 is 5.97 Å². The lowest BCUT2D eigenvalue weighted by Gasteiger charge is -2.12. The fraction of sp³-hybridized carbons (Fsp3) is 0. The van der Waals surface area contributed by atoms with Crippen molar-refractivity contribution in [3.05, 3.63) is 94.3 Å². The molecule has 0 atom stereocenters. The van der Waals surface area contributed by atoms with Gasteiger partial charge in [0, 0.05) is 10.6 Å². The van der Waals surface area contributed by atoms with Crippen LogP contribution < -0.4 is 4.74 Å². The third-order valence-corrected chi connectivity index (χ3v) is 3.89. The van der Waals surface area contributed by atoms with E-state index in [2.05, 4.69) is 0 Å². The Labute approximate surface area is 153 Å². The Morgan fingerprint density at radius 1 is 0.885 bits per heavy atom. The van der Waals surface area contributed by atoms with E-state index in [9.17, 15) is 19.1 Å². The number of rotatable bonds is 5. The first-order valence-corrected chi connectivity index (χ1v) is 7.94. The quantitative estimate of drug-likeness (QED) is 0.627. The number of carboxylic acids is 1. The Balaban J connectivity index is 2.07. The van der Waals surface area contributed by atoms with Crippen LogP contribution in [0.15, 0.2) is 66.7 Å². The number of carboxylic acid groups (broad SMARTS) is 1. The van der Waals surface area contributed by atoms with Gasteiger partial charge in [0.2, 0.25) is 0 Å². The third-order valence-electron chi connectivity index (χ3n) is 3.64. The minimum atomic E-state index is -1.36. The van der Waals surface area contributed by atoms with E-state index in [0.29, 0.717) is 5.02 Å². The molecule has 0 unspecified atom stereocenters. The molecule has 130 valence electrons. The van der Waals surface area contributed by atoms with Crippen molar-refractivity contribution in [1.29, 1.82) is 0 Å². The largest absolute Gasteiger partial charge is 0.478 e. The third kappa shape index (κ3) is 3.58. The SMILES string of the molecule is O=C(c1ccc(Cl)cc1)c1ccc(C(=O)O)c(Oc2ccccc2)c1F. The molecule has 6 heteroatoms. The van der Waals surface area contributed by atoms with Gasteiger partial charge in [0.05, 0.1) is 5.56 Å². The fourth-order valence-corrected chi connectivity index (χ4v) is 2.49. The van der Waals surface area contributed by atoms with Gasteiger partial charge in [-0.1, -0.05) is 29.8 Å². The zero-order chi connectivity index (χ0) is 18.7. The van der Waals surface area contributed by atoms with Gasteiger partial charge in [0.15, 0.2) is 17.3 Å². The number of hydrogen-bond acceptors (Lipinski definition) is 3. The molecule has 3 rings (SSSR count). The van der Waals surface area contributed by atoms with Gasteiger partial charge in [-0.05, 0) is 48.5 Å². The van der Waals surface area contributed by atoms with E-state index in [1.54, 1.807) is 30.3 Å². The van der Waals surface area contributed by atoms with Crippen LogP contribution >= 0.6 is 11.6 Å². The van der Waals surface area contributed by atoms with Crippen molar-refractivity contribution in [1.82, 2.24) is 0 Å². The Bertz CT molecular complexity index is 969. The van der Waals surface area contributed by atoms with Crippen LogP contribution in [0.2, 0.25) is 5.02 Å². The molecule has 26 heavy (non-hydrogen) atoms. The number of ketones is 1. The molecule has 0 bridgehead atoms. The first-order chi connectivity index (χ1) is 12.5. The maximum absolute atomic E-state index is 15.0. The van der Waals surface area contributed by atoms with Crippen molar-refractivity contribution in [2.45, 2.75) is 0 Å². The molecule has 0 aliphatic heterocycles. The molecule has 0 aliphatic rings. The summed E-state index contributed by atoms with van der Waals surface area (Å²) in [4.78, 5) is 24.0. The maximum atomic E-state index is 15.0. The van der Waals surface area contributed by atoms with Crippen LogP contribution in [-0.2, 0) is 0 Å². The molecule has 3 aromatic rings. The van der Waals surface area contributed by atoms with Gasteiger partial charge in [0.25, 0.3) is 0 Å². The second kappa shape index (κ2) is 7.37. The van der Waals surface area contributed by atoms with Crippen molar-refractivity contribution >= 4 is 23.4 Å². The fourth-order valence-electron chi connectivity index (χ4n) is 2.36. The van der Waals surface area contributed by atoms with Crippen molar-refractivity contribution in [2.24, 2.45) is 0 Å². The number of carbonyl (C=O) groups is 2. The van der Waals surface area contributed by atoms with E-state index in [0.717, 1.165) is 12.1 Å². The molecule has 1 N–H and O–H groups in total. The van der Waals surface area contributed by atoms with Gasteiger partial charge in [-0.3, -0.25) is 4.79 Å². The van der Waals surface area contributed by atoms with Crippen LogP contribution in [0.3, 0.4) is 0 Å². The molecule has 0 saturated carbocycles. The minimum Gasteiger partial charge on any atom is -0.478 e. The van der Waals surface area contributed by atoms with Crippen LogP contribution in [0, 0.1) is 5.82 Å². The Kier molecular flexibility index (Phi) is 5.00. The topological polar surface area (TPSA) is 63.6 Å². The predicted molar refractivity (Wildman–Crippen MR) is 94.8 cm³/mol. The summed E-state index contributed by atoms with van der Waals surface area (Å²) in [6.45, 7) is 0. The molecular weight excluding hydrogens is 359 g/mol. The number of para-hydroxylation sites is 1. The summed E-state index contributed by atoms with van der Waals surface area (Å²) >= 11 is 5.79. The van der Waals surface area contributed by atoms with E-state index in [4.69, 9.17) is 16.3 Å². The summed E-state index contributed by atoms with van der Waals surface area (Å²) in [7, 11) is 0. The van der Waals surface area contributed by atoms with Gasteiger partial charge in [-0.25, -0.2) is 9.18 Å². The van der Waals surface area contributed by atoms with Crippen LogP contribution in [0.5, 0.6) is 11.5 Å². The molecular formula is C20H12ClFO4. The molecule has 0 spiro atoms. The highest BCUT2D eigenvalue weighted by atomic mass is 35.5. The van der Waals surface area contributed by atoms with Gasteiger partial charge in [0.1, 0.15) is 11.3 Å². The van der Waals surface area contributed by atoms with Gasteiger partial charge in [-0.15, -0.1) is 0 Å². The summed E-state index contributed by atoms with van der Waals surface area (Å²) in [6, 6.07) is 16.4. The van der Waals surface area contributed by atoms with E-state index in [1.807, 2.05) is 0 Å². The average molecular weight is 371 g/mol. The second-order valence-electron chi connectivity index (χ2n) is 5.36. The summed E-state index contributed by atoms with van der Waals surface area (Å²) in [5.41, 5.74) is -0.440. The first-order valence-electron chi connectivity index (χ1n) is 7.56. The average Bonchev–Trinajstić information content (AvgIpc) is 2.64. The highest BCUT2D eigenvalue weighted by Gasteiger charge is 2.24. The lowest BCUT2D eigenvalue weighted by molar-refractivity contribution is 0.0692. The number of carbonyl (C=O) groups excluding carboxylic acids is 1. The molecule has 3 aromatic carbocycles. The highest BCUT2D eigenvalue weighted by Crippen LogP contribution is 2.31.